The van der Waals surface area contributed by atoms with Crippen molar-refractivity contribution in [2.45, 2.75) is 0 Å². The summed E-state index contributed by atoms with van der Waals surface area (Å²) >= 11 is 0. The van der Waals surface area contributed by atoms with E-state index < -0.39 is 0 Å². The van der Waals surface area contributed by atoms with Crippen LogP contribution in [0.2, 0.25) is 0 Å². The van der Waals surface area contributed by atoms with Gasteiger partial charge in [0.1, 0.15) is 12.7 Å². The molecule has 3 aromatic heterocycles. The number of aromatic nitrogens is 8. The van der Waals surface area contributed by atoms with Crippen LogP contribution in [-0.4, -0.2) is 65.8 Å². The van der Waals surface area contributed by atoms with E-state index in [0.717, 1.165) is 52.7 Å². The van der Waals surface area contributed by atoms with E-state index in [-0.39, 0.29) is 0 Å². The Morgan fingerprint density at radius 1 is 0.971 bits per heavy atom. The summed E-state index contributed by atoms with van der Waals surface area (Å²) in [7, 11) is 1.87. The lowest BCUT2D eigenvalue weighted by Crippen LogP contribution is -2.37. The number of nitrogens with one attached hydrogen (secondary N) is 1. The van der Waals surface area contributed by atoms with Gasteiger partial charge in [-0.3, -0.25) is 0 Å². The van der Waals surface area contributed by atoms with Crippen molar-refractivity contribution in [1.29, 1.82) is 0 Å². The van der Waals surface area contributed by atoms with E-state index in [0.29, 0.717) is 19.2 Å². The maximum absolute atomic E-state index is 5.40. The van der Waals surface area contributed by atoms with Crippen molar-refractivity contribution in [1.82, 2.24) is 39.5 Å². The summed E-state index contributed by atoms with van der Waals surface area (Å²) in [6.45, 7) is 3.01. The van der Waals surface area contributed by atoms with E-state index in [1.807, 2.05) is 55.7 Å². The summed E-state index contributed by atoms with van der Waals surface area (Å²) < 4.78 is 8.91. The molecule has 6 rings (SSSR count). The van der Waals surface area contributed by atoms with Crippen LogP contribution >= 0.6 is 0 Å². The lowest BCUT2D eigenvalue weighted by molar-refractivity contribution is 0.122. The molecule has 0 radical (unpaired) electrons. The van der Waals surface area contributed by atoms with Crippen LogP contribution in [0, 0.1) is 0 Å². The van der Waals surface area contributed by atoms with Crippen LogP contribution in [0.15, 0.2) is 61.3 Å². The van der Waals surface area contributed by atoms with Gasteiger partial charge in [-0.15, -0.1) is 5.10 Å². The number of nitrogens with zero attached hydrogens (tertiary/aromatic N) is 9. The van der Waals surface area contributed by atoms with Gasteiger partial charge in [-0.25, -0.2) is 24.3 Å². The number of hydrogen-bond acceptors (Lipinski definition) is 9. The third-order valence-corrected chi connectivity index (χ3v) is 5.71. The van der Waals surface area contributed by atoms with Crippen molar-refractivity contribution in [3.8, 4) is 17.1 Å². The Morgan fingerprint density at radius 2 is 1.82 bits per heavy atom. The molecule has 11 nitrogen and oxygen atoms in total. The smallest absolute Gasteiger partial charge is 0.245 e. The molecule has 1 aliphatic heterocycles. The second kappa shape index (κ2) is 8.52. The van der Waals surface area contributed by atoms with Crippen molar-refractivity contribution in [2.24, 2.45) is 7.05 Å². The van der Waals surface area contributed by atoms with Gasteiger partial charge in [-0.05, 0) is 30.3 Å². The molecule has 0 spiro atoms. The summed E-state index contributed by atoms with van der Waals surface area (Å²) in [6, 6.07) is 13.9. The molecule has 0 unspecified atom stereocenters. The molecule has 170 valence electrons. The number of aryl methyl sites for hydroxylation is 1. The first-order valence-electron chi connectivity index (χ1n) is 11.0. The molecule has 1 fully saturated rings. The first-order chi connectivity index (χ1) is 16.7. The lowest BCUT2D eigenvalue weighted by atomic mass is 10.1. The van der Waals surface area contributed by atoms with Crippen molar-refractivity contribution >= 4 is 28.5 Å². The highest BCUT2D eigenvalue weighted by Gasteiger charge is 2.15. The molecule has 0 saturated carbocycles. The fourth-order valence-electron chi connectivity index (χ4n) is 3.89. The summed E-state index contributed by atoms with van der Waals surface area (Å²) in [4.78, 5) is 20.0. The predicted molar refractivity (Wildman–Crippen MR) is 127 cm³/mol. The average Bonchev–Trinajstić information content (AvgIpc) is 3.54. The molecule has 0 aliphatic carbocycles. The van der Waals surface area contributed by atoms with E-state index in [9.17, 15) is 0 Å². The molecular formula is C23H22N10O. The zero-order chi connectivity index (χ0) is 22.9. The van der Waals surface area contributed by atoms with E-state index in [2.05, 4.69) is 40.3 Å². The third kappa shape index (κ3) is 3.92. The quantitative estimate of drug-likeness (QED) is 0.428. The molecule has 4 heterocycles. The van der Waals surface area contributed by atoms with E-state index in [4.69, 9.17) is 4.74 Å². The summed E-state index contributed by atoms with van der Waals surface area (Å²) in [5, 5.41) is 13.0. The molecule has 0 bridgehead atoms. The summed E-state index contributed by atoms with van der Waals surface area (Å²) in [5.41, 5.74) is 3.57. The van der Waals surface area contributed by atoms with Crippen LogP contribution in [0.3, 0.4) is 0 Å². The van der Waals surface area contributed by atoms with Gasteiger partial charge in [0.15, 0.2) is 5.82 Å². The van der Waals surface area contributed by atoms with Crippen molar-refractivity contribution in [2.75, 3.05) is 36.5 Å². The molecule has 34 heavy (non-hydrogen) atoms. The topological polar surface area (TPSA) is 112 Å². The third-order valence-electron chi connectivity index (χ3n) is 5.71. The van der Waals surface area contributed by atoms with Gasteiger partial charge in [0, 0.05) is 43.0 Å². The minimum atomic E-state index is 0.519. The molecule has 1 saturated heterocycles. The van der Waals surface area contributed by atoms with E-state index >= 15 is 0 Å². The van der Waals surface area contributed by atoms with Crippen molar-refractivity contribution in [3.05, 3.63) is 61.3 Å². The number of rotatable bonds is 5. The van der Waals surface area contributed by atoms with Gasteiger partial charge in [0.2, 0.25) is 11.9 Å². The number of benzene rings is 2. The van der Waals surface area contributed by atoms with Gasteiger partial charge < -0.3 is 15.0 Å². The number of morpholine rings is 1. The lowest BCUT2D eigenvalue weighted by Gasteiger charge is -2.25. The highest BCUT2D eigenvalue weighted by molar-refractivity contribution is 5.83. The molecular weight excluding hydrogens is 432 g/mol. The first-order valence-corrected chi connectivity index (χ1v) is 11.0. The zero-order valence-corrected chi connectivity index (χ0v) is 18.5. The molecule has 0 amide bonds. The zero-order valence-electron chi connectivity index (χ0n) is 18.5. The average molecular weight is 454 g/mol. The van der Waals surface area contributed by atoms with Crippen LogP contribution < -0.4 is 10.2 Å². The number of hydrogen-bond donors (Lipinski definition) is 1. The van der Waals surface area contributed by atoms with Crippen molar-refractivity contribution < 1.29 is 4.74 Å². The summed E-state index contributed by atoms with van der Waals surface area (Å²) in [6.07, 6.45) is 5.08. The minimum absolute atomic E-state index is 0.519. The number of fused-ring (bicyclic) bond motifs is 1. The summed E-state index contributed by atoms with van der Waals surface area (Å²) in [5.74, 6) is 2.02. The molecule has 1 aliphatic rings. The van der Waals surface area contributed by atoms with Crippen LogP contribution in [-0.2, 0) is 11.8 Å². The maximum atomic E-state index is 5.40. The Bertz CT molecular complexity index is 1440. The second-order valence-corrected chi connectivity index (χ2v) is 7.93. The van der Waals surface area contributed by atoms with Gasteiger partial charge >= 0.3 is 0 Å². The largest absolute Gasteiger partial charge is 0.378 e. The van der Waals surface area contributed by atoms with Crippen LogP contribution in [0.1, 0.15) is 0 Å². The Labute approximate surface area is 195 Å². The Balaban J connectivity index is 1.20. The number of anilines is 3. The van der Waals surface area contributed by atoms with E-state index in [1.54, 1.807) is 22.0 Å². The highest BCUT2D eigenvalue weighted by Crippen LogP contribution is 2.23. The van der Waals surface area contributed by atoms with Gasteiger partial charge in [-0.2, -0.15) is 10.1 Å². The normalized spacial score (nSPS) is 14.0. The standard InChI is InChI=1S/C23H22N10O/c1-31-21(25-14-27-31)16-2-3-17-13-24-22(29-20(17)12-16)28-18-4-6-19(7-5-18)33-15-26-23(30-33)32-8-10-34-11-9-32/h2-7,12-15H,8-11H2,1H3,(H,24,28,29). The van der Waals surface area contributed by atoms with Crippen LogP contribution in [0.5, 0.6) is 0 Å². The Hall–Kier alpha value is -4.38. The van der Waals surface area contributed by atoms with Gasteiger partial charge in [-0.1, -0.05) is 12.1 Å². The Kier molecular flexibility index (Phi) is 5.07. The monoisotopic (exact) mass is 454 g/mol. The predicted octanol–water partition coefficient (Wildman–Crippen LogP) is 2.59. The first kappa shape index (κ1) is 20.2. The number of ether oxygens (including phenoxy) is 1. The molecule has 5 aromatic rings. The molecule has 11 heteroatoms. The highest BCUT2D eigenvalue weighted by atomic mass is 16.5. The fourth-order valence-corrected chi connectivity index (χ4v) is 3.89. The van der Waals surface area contributed by atoms with E-state index in [1.165, 1.54) is 0 Å². The fraction of sp³-hybridized carbons (Fsp3) is 0.217. The van der Waals surface area contributed by atoms with Crippen molar-refractivity contribution in [3.63, 3.8) is 0 Å². The van der Waals surface area contributed by atoms with Crippen LogP contribution in [0.25, 0.3) is 28.0 Å². The van der Waals surface area contributed by atoms with Gasteiger partial charge in [0.25, 0.3) is 0 Å². The Morgan fingerprint density at radius 3 is 2.62 bits per heavy atom. The second-order valence-electron chi connectivity index (χ2n) is 7.93. The molecule has 0 atom stereocenters. The maximum Gasteiger partial charge on any atom is 0.245 e. The van der Waals surface area contributed by atoms with Crippen LogP contribution in [0.4, 0.5) is 17.6 Å². The minimum Gasteiger partial charge on any atom is -0.378 e. The SMILES string of the molecule is Cn1ncnc1-c1ccc2cnc(Nc3ccc(-n4cnc(N5CCOCC5)n4)cc3)nc2c1. The molecule has 1 N–H and O–H groups in total. The van der Waals surface area contributed by atoms with Gasteiger partial charge in [0.05, 0.1) is 24.4 Å². The molecule has 2 aromatic carbocycles.